The van der Waals surface area contributed by atoms with Gasteiger partial charge in [0.15, 0.2) is 5.78 Å². The summed E-state index contributed by atoms with van der Waals surface area (Å²) in [5, 5.41) is 2.66. The van der Waals surface area contributed by atoms with E-state index in [2.05, 4.69) is 21.2 Å². The summed E-state index contributed by atoms with van der Waals surface area (Å²) in [5.41, 5.74) is -0.606. The Kier molecular flexibility index (Phi) is 7.20. The third-order valence-corrected chi connectivity index (χ3v) is 3.62. The number of Topliss-reactive ketones (excluding diaryl/α,β-unsaturated/α-hetero) is 1. The molecule has 1 amide bonds. The molecule has 140 valence electrons. The lowest BCUT2D eigenvalue weighted by atomic mass is 9.99. The van der Waals surface area contributed by atoms with Crippen LogP contribution in [0.2, 0.25) is 0 Å². The maximum atomic E-state index is 12.9. The standard InChI is InChI=1S/C19H28BrNO4/c1-12(24-18(2,3)4)15(21-17(23)25-19(5,6)7)16(22)13-8-10-14(20)11-9-13/h8-12,15H,1-7H3,(H,21,23)/t12-,15+/m1/s1. The highest BCUT2D eigenvalue weighted by molar-refractivity contribution is 9.10. The fourth-order valence-corrected chi connectivity index (χ4v) is 2.51. The van der Waals surface area contributed by atoms with Gasteiger partial charge in [0, 0.05) is 10.0 Å². The van der Waals surface area contributed by atoms with Crippen LogP contribution >= 0.6 is 15.9 Å². The molecule has 1 aromatic carbocycles. The number of ketones is 1. The molecule has 1 aromatic rings. The quantitative estimate of drug-likeness (QED) is 0.708. The van der Waals surface area contributed by atoms with E-state index in [4.69, 9.17) is 9.47 Å². The SMILES string of the molecule is C[C@@H](OC(C)(C)C)[C@H](NC(=O)OC(C)(C)C)C(=O)c1ccc(Br)cc1. The van der Waals surface area contributed by atoms with E-state index in [-0.39, 0.29) is 5.78 Å². The summed E-state index contributed by atoms with van der Waals surface area (Å²) in [4.78, 5) is 25.1. The molecule has 0 aliphatic carbocycles. The van der Waals surface area contributed by atoms with Crippen LogP contribution in [0.25, 0.3) is 0 Å². The second-order valence-electron chi connectivity index (χ2n) is 7.93. The molecule has 0 aromatic heterocycles. The number of amides is 1. The average molecular weight is 414 g/mol. The zero-order valence-electron chi connectivity index (χ0n) is 16.0. The first-order chi connectivity index (χ1) is 11.3. The van der Waals surface area contributed by atoms with Gasteiger partial charge >= 0.3 is 6.09 Å². The van der Waals surface area contributed by atoms with Crippen molar-refractivity contribution in [2.45, 2.75) is 71.8 Å². The number of halogens is 1. The van der Waals surface area contributed by atoms with Crippen LogP contribution in [0.4, 0.5) is 4.79 Å². The van der Waals surface area contributed by atoms with Gasteiger partial charge in [-0.05, 0) is 60.6 Å². The number of benzene rings is 1. The van der Waals surface area contributed by atoms with Crippen molar-refractivity contribution in [2.24, 2.45) is 0 Å². The molecule has 0 saturated carbocycles. The highest BCUT2D eigenvalue weighted by atomic mass is 79.9. The molecular formula is C19H28BrNO4. The summed E-state index contributed by atoms with van der Waals surface area (Å²) < 4.78 is 12.1. The van der Waals surface area contributed by atoms with Crippen LogP contribution in [0.1, 0.15) is 58.8 Å². The molecule has 25 heavy (non-hydrogen) atoms. The van der Waals surface area contributed by atoms with E-state index in [1.807, 2.05) is 20.8 Å². The first kappa shape index (κ1) is 21.6. The zero-order valence-corrected chi connectivity index (χ0v) is 17.6. The Balaban J connectivity index is 3.03. The van der Waals surface area contributed by atoms with Gasteiger partial charge in [-0.15, -0.1) is 0 Å². The van der Waals surface area contributed by atoms with Crippen molar-refractivity contribution in [3.8, 4) is 0 Å². The average Bonchev–Trinajstić information content (AvgIpc) is 2.41. The molecule has 1 N–H and O–H groups in total. The molecular weight excluding hydrogens is 386 g/mol. The predicted molar refractivity (Wildman–Crippen MR) is 102 cm³/mol. The smallest absolute Gasteiger partial charge is 0.408 e. The molecule has 0 heterocycles. The van der Waals surface area contributed by atoms with Gasteiger partial charge in [0.25, 0.3) is 0 Å². The second kappa shape index (κ2) is 8.32. The summed E-state index contributed by atoms with van der Waals surface area (Å²) in [5.74, 6) is -0.227. The molecule has 0 fully saturated rings. The lowest BCUT2D eigenvalue weighted by Crippen LogP contribution is -2.51. The molecule has 6 heteroatoms. The second-order valence-corrected chi connectivity index (χ2v) is 8.85. The van der Waals surface area contributed by atoms with E-state index in [1.165, 1.54) is 0 Å². The number of alkyl carbamates (subject to hydrolysis) is 1. The summed E-state index contributed by atoms with van der Waals surface area (Å²) in [7, 11) is 0. The number of carbonyl (C=O) groups is 2. The van der Waals surface area contributed by atoms with E-state index in [1.54, 1.807) is 52.0 Å². The van der Waals surface area contributed by atoms with Gasteiger partial charge in [-0.2, -0.15) is 0 Å². The van der Waals surface area contributed by atoms with Gasteiger partial charge in [0.1, 0.15) is 11.6 Å². The maximum absolute atomic E-state index is 12.9. The van der Waals surface area contributed by atoms with E-state index >= 15 is 0 Å². The Hall–Kier alpha value is -1.40. The van der Waals surface area contributed by atoms with Gasteiger partial charge in [-0.3, -0.25) is 4.79 Å². The third-order valence-electron chi connectivity index (χ3n) is 3.09. The highest BCUT2D eigenvalue weighted by Gasteiger charge is 2.32. The molecule has 0 spiro atoms. The lowest BCUT2D eigenvalue weighted by molar-refractivity contribution is -0.0621. The van der Waals surface area contributed by atoms with Gasteiger partial charge in [-0.1, -0.05) is 28.1 Å². The first-order valence-electron chi connectivity index (χ1n) is 8.25. The largest absolute Gasteiger partial charge is 0.444 e. The van der Waals surface area contributed by atoms with Crippen LogP contribution in [0.5, 0.6) is 0 Å². The molecule has 0 aliphatic rings. The van der Waals surface area contributed by atoms with Crippen LogP contribution in [-0.2, 0) is 9.47 Å². The van der Waals surface area contributed by atoms with E-state index < -0.39 is 29.4 Å². The topological polar surface area (TPSA) is 64.6 Å². The molecule has 1 rings (SSSR count). The normalized spacial score (nSPS) is 14.6. The van der Waals surface area contributed by atoms with Gasteiger partial charge in [-0.25, -0.2) is 4.79 Å². The van der Waals surface area contributed by atoms with Crippen molar-refractivity contribution in [2.75, 3.05) is 0 Å². The number of hydrogen-bond donors (Lipinski definition) is 1. The van der Waals surface area contributed by atoms with Crippen molar-refractivity contribution in [1.82, 2.24) is 5.32 Å². The number of nitrogens with one attached hydrogen (secondary N) is 1. The number of ether oxygens (including phenoxy) is 2. The molecule has 0 bridgehead atoms. The number of hydrogen-bond acceptors (Lipinski definition) is 4. The number of rotatable bonds is 5. The minimum absolute atomic E-state index is 0.227. The van der Waals surface area contributed by atoms with Crippen molar-refractivity contribution < 1.29 is 19.1 Å². The predicted octanol–water partition coefficient (Wildman–Crippen LogP) is 4.73. The Labute approximate surface area is 158 Å². The Morgan fingerprint density at radius 1 is 1.00 bits per heavy atom. The molecule has 0 unspecified atom stereocenters. The summed E-state index contributed by atoms with van der Waals surface area (Å²) in [6.07, 6.45) is -1.17. The van der Waals surface area contributed by atoms with E-state index in [0.717, 1.165) is 4.47 Å². The minimum atomic E-state index is -0.852. The Bertz CT molecular complexity index is 599. The monoisotopic (exact) mass is 413 g/mol. The van der Waals surface area contributed by atoms with Crippen molar-refractivity contribution in [1.29, 1.82) is 0 Å². The maximum Gasteiger partial charge on any atom is 0.408 e. The van der Waals surface area contributed by atoms with Gasteiger partial charge < -0.3 is 14.8 Å². The van der Waals surface area contributed by atoms with Crippen molar-refractivity contribution in [3.63, 3.8) is 0 Å². The third kappa shape index (κ3) is 8.01. The minimum Gasteiger partial charge on any atom is -0.444 e. The van der Waals surface area contributed by atoms with Crippen molar-refractivity contribution >= 4 is 27.8 Å². The number of carbonyl (C=O) groups excluding carboxylic acids is 2. The van der Waals surface area contributed by atoms with Crippen LogP contribution in [0.3, 0.4) is 0 Å². The van der Waals surface area contributed by atoms with Crippen molar-refractivity contribution in [3.05, 3.63) is 34.3 Å². The first-order valence-corrected chi connectivity index (χ1v) is 9.05. The summed E-state index contributed by atoms with van der Waals surface area (Å²) >= 11 is 3.35. The van der Waals surface area contributed by atoms with Gasteiger partial charge in [0.2, 0.25) is 0 Å². The molecule has 2 atom stereocenters. The summed E-state index contributed by atoms with van der Waals surface area (Å²) in [6.45, 7) is 12.8. The van der Waals surface area contributed by atoms with Gasteiger partial charge in [0.05, 0.1) is 11.7 Å². The van der Waals surface area contributed by atoms with Crippen LogP contribution in [0, 0.1) is 0 Å². The highest BCUT2D eigenvalue weighted by Crippen LogP contribution is 2.18. The molecule has 0 radical (unpaired) electrons. The molecule has 0 aliphatic heterocycles. The van der Waals surface area contributed by atoms with Crippen LogP contribution in [0.15, 0.2) is 28.7 Å². The zero-order chi connectivity index (χ0) is 19.4. The van der Waals surface area contributed by atoms with E-state index in [0.29, 0.717) is 5.56 Å². The van der Waals surface area contributed by atoms with E-state index in [9.17, 15) is 9.59 Å². The van der Waals surface area contributed by atoms with Crippen LogP contribution in [-0.4, -0.2) is 35.2 Å². The molecule has 0 saturated heterocycles. The Morgan fingerprint density at radius 2 is 1.52 bits per heavy atom. The Morgan fingerprint density at radius 3 is 1.96 bits per heavy atom. The fourth-order valence-electron chi connectivity index (χ4n) is 2.25. The molecule has 5 nitrogen and oxygen atoms in total. The summed E-state index contributed by atoms with van der Waals surface area (Å²) in [6, 6.07) is 6.13. The lowest BCUT2D eigenvalue weighted by Gasteiger charge is -2.31. The van der Waals surface area contributed by atoms with Crippen LogP contribution < -0.4 is 5.32 Å². The fraction of sp³-hybridized carbons (Fsp3) is 0.579.